The minimum Gasteiger partial charge on any atom is -0.462 e. The van der Waals surface area contributed by atoms with Gasteiger partial charge >= 0.3 is 31.7 Å². The lowest BCUT2D eigenvalue weighted by atomic mass is 10.1. The number of carbonyl (C=O) groups is 4. The lowest BCUT2D eigenvalue weighted by molar-refractivity contribution is -0.162. The van der Waals surface area contributed by atoms with Crippen LogP contribution in [0.1, 0.15) is 220 Å². The van der Waals surface area contributed by atoms with Gasteiger partial charge in [0.15, 0.2) is 12.2 Å². The van der Waals surface area contributed by atoms with Crippen molar-refractivity contribution in [2.75, 3.05) is 33.0 Å². The predicted octanol–water partition coefficient (Wildman–Crippen LogP) is 11.1. The second-order valence-corrected chi connectivity index (χ2v) is 17.4. The Labute approximate surface area is 358 Å². The zero-order chi connectivity index (χ0) is 43.7. The molecule has 14 heteroatoms. The number of phosphoric acid groups is 1. The van der Waals surface area contributed by atoms with Crippen LogP contribution in [0.15, 0.2) is 0 Å². The van der Waals surface area contributed by atoms with Crippen LogP contribution in [0.4, 0.5) is 0 Å². The zero-order valence-corrected chi connectivity index (χ0v) is 38.5. The molecule has 0 aromatic rings. The van der Waals surface area contributed by atoms with Gasteiger partial charge in [0.2, 0.25) is 0 Å². The van der Waals surface area contributed by atoms with Crippen LogP contribution in [-0.2, 0) is 51.7 Å². The lowest BCUT2D eigenvalue weighted by Crippen LogP contribution is -2.31. The molecule has 0 heterocycles. The van der Waals surface area contributed by atoms with Crippen molar-refractivity contribution in [1.82, 2.24) is 0 Å². The quantitative estimate of drug-likeness (QED) is 0.0255. The molecule has 0 aromatic heterocycles. The summed E-state index contributed by atoms with van der Waals surface area (Å²) in [4.78, 5) is 60.6. The number of nitrogens with two attached hydrogens (primary N) is 1. The van der Waals surface area contributed by atoms with E-state index in [4.69, 9.17) is 33.7 Å². The van der Waals surface area contributed by atoms with Gasteiger partial charge in [-0.1, -0.05) is 162 Å². The van der Waals surface area contributed by atoms with Crippen molar-refractivity contribution in [2.24, 2.45) is 5.73 Å². The maximum absolute atomic E-state index is 13.0. The van der Waals surface area contributed by atoms with E-state index in [1.165, 1.54) is 89.9 Å². The Morgan fingerprint density at radius 1 is 0.424 bits per heavy atom. The summed E-state index contributed by atoms with van der Waals surface area (Å²) < 4.78 is 45.0. The first-order valence-corrected chi connectivity index (χ1v) is 25.1. The van der Waals surface area contributed by atoms with Crippen molar-refractivity contribution < 1.29 is 56.6 Å². The second-order valence-electron chi connectivity index (χ2n) is 15.9. The van der Waals surface area contributed by atoms with Gasteiger partial charge in [-0.05, 0) is 38.6 Å². The fourth-order valence-corrected chi connectivity index (χ4v) is 7.21. The molecule has 3 N–H and O–H groups in total. The smallest absolute Gasteiger partial charge is 0.462 e. The van der Waals surface area contributed by atoms with Gasteiger partial charge in [-0.3, -0.25) is 28.2 Å². The molecule has 0 fully saturated rings. The summed E-state index contributed by atoms with van der Waals surface area (Å²) in [6.07, 6.45) is 27.0. The van der Waals surface area contributed by atoms with Gasteiger partial charge in [0, 0.05) is 25.7 Å². The Morgan fingerprint density at radius 2 is 0.695 bits per heavy atom. The highest BCUT2D eigenvalue weighted by molar-refractivity contribution is 7.47. The standard InChI is InChI=1S/C45H86NO12P/c1-4-7-10-12-14-16-18-20-22-24-27-31-42(47)53-36-41(58-45(50)34-28-25-23-21-19-17-15-13-11-8-5-2)39-56-59(51,52)55-38-40(57-44(49)33-26-9-6-3)37-54-43(48)32-29-30-35-46/h40-41H,4-39,46H2,1-3H3,(H,51,52)/t40?,41-/m1/s1. The van der Waals surface area contributed by atoms with Gasteiger partial charge in [0.05, 0.1) is 13.2 Å². The largest absolute Gasteiger partial charge is 0.472 e. The fourth-order valence-electron chi connectivity index (χ4n) is 6.43. The van der Waals surface area contributed by atoms with Crippen LogP contribution in [0, 0.1) is 0 Å². The van der Waals surface area contributed by atoms with Gasteiger partial charge in [0.1, 0.15) is 13.2 Å². The van der Waals surface area contributed by atoms with Crippen LogP contribution in [-0.4, -0.2) is 74.0 Å². The average Bonchev–Trinajstić information content (AvgIpc) is 3.21. The third-order valence-corrected chi connectivity index (χ3v) is 11.0. The maximum atomic E-state index is 13.0. The topological polar surface area (TPSA) is 187 Å². The summed E-state index contributed by atoms with van der Waals surface area (Å²) in [5.41, 5.74) is 5.49. The Morgan fingerprint density at radius 3 is 1.03 bits per heavy atom. The first-order chi connectivity index (χ1) is 28.6. The van der Waals surface area contributed by atoms with E-state index in [2.05, 4.69) is 13.8 Å². The Balaban J connectivity index is 5.09. The van der Waals surface area contributed by atoms with Crippen molar-refractivity contribution >= 4 is 31.7 Å². The van der Waals surface area contributed by atoms with E-state index in [0.29, 0.717) is 38.6 Å². The van der Waals surface area contributed by atoms with Crippen LogP contribution >= 0.6 is 7.82 Å². The highest BCUT2D eigenvalue weighted by Crippen LogP contribution is 2.43. The highest BCUT2D eigenvalue weighted by Gasteiger charge is 2.29. The van der Waals surface area contributed by atoms with Crippen LogP contribution in [0.25, 0.3) is 0 Å². The van der Waals surface area contributed by atoms with E-state index in [-0.39, 0.29) is 38.9 Å². The summed E-state index contributed by atoms with van der Waals surface area (Å²) in [5, 5.41) is 0. The maximum Gasteiger partial charge on any atom is 0.472 e. The zero-order valence-electron chi connectivity index (χ0n) is 37.6. The molecule has 2 unspecified atom stereocenters. The first kappa shape index (κ1) is 57.0. The molecule has 0 bridgehead atoms. The number of esters is 4. The summed E-state index contributed by atoms with van der Waals surface area (Å²) in [6.45, 7) is 4.97. The predicted molar refractivity (Wildman–Crippen MR) is 233 cm³/mol. The molecule has 0 aromatic carbocycles. The molecule has 0 rings (SSSR count). The van der Waals surface area contributed by atoms with Gasteiger partial charge in [-0.25, -0.2) is 4.57 Å². The van der Waals surface area contributed by atoms with Crippen molar-refractivity contribution in [3.05, 3.63) is 0 Å². The van der Waals surface area contributed by atoms with Crippen molar-refractivity contribution in [3.63, 3.8) is 0 Å². The fraction of sp³-hybridized carbons (Fsp3) is 0.911. The third-order valence-electron chi connectivity index (χ3n) is 10.1. The van der Waals surface area contributed by atoms with E-state index in [0.717, 1.165) is 51.4 Å². The van der Waals surface area contributed by atoms with Crippen LogP contribution in [0.3, 0.4) is 0 Å². The van der Waals surface area contributed by atoms with E-state index >= 15 is 0 Å². The SMILES string of the molecule is CCCCCCCCCCCCCC(=O)OC[C@H](COP(=O)(O)OCC(COC(=O)CCCCN)OC(=O)CCCCC)OC(=O)CCCCCCCCCCCCC. The van der Waals surface area contributed by atoms with Crippen LogP contribution in [0.2, 0.25) is 0 Å². The van der Waals surface area contributed by atoms with Gasteiger partial charge in [-0.2, -0.15) is 0 Å². The van der Waals surface area contributed by atoms with Crippen molar-refractivity contribution in [2.45, 2.75) is 232 Å². The summed E-state index contributed by atoms with van der Waals surface area (Å²) in [5.74, 6) is -2.05. The number of hydrogen-bond donors (Lipinski definition) is 2. The molecule has 348 valence electrons. The van der Waals surface area contributed by atoms with Gasteiger partial charge in [-0.15, -0.1) is 0 Å². The summed E-state index contributed by atoms with van der Waals surface area (Å²) in [6, 6.07) is 0. The number of hydrogen-bond acceptors (Lipinski definition) is 12. The number of carbonyl (C=O) groups excluding carboxylic acids is 4. The van der Waals surface area contributed by atoms with E-state index < -0.39 is 57.1 Å². The Bertz CT molecular complexity index is 1080. The van der Waals surface area contributed by atoms with Crippen molar-refractivity contribution in [3.8, 4) is 0 Å². The average molecular weight is 864 g/mol. The minimum atomic E-state index is -4.80. The monoisotopic (exact) mass is 864 g/mol. The third kappa shape index (κ3) is 39.8. The molecular formula is C45H86NO12P. The molecule has 59 heavy (non-hydrogen) atoms. The molecule has 0 aliphatic heterocycles. The highest BCUT2D eigenvalue weighted by atomic mass is 31.2. The van der Waals surface area contributed by atoms with E-state index in [9.17, 15) is 28.6 Å². The number of rotatable bonds is 44. The molecule has 0 radical (unpaired) electrons. The molecule has 0 amide bonds. The molecule has 0 saturated heterocycles. The lowest BCUT2D eigenvalue weighted by Gasteiger charge is -2.22. The summed E-state index contributed by atoms with van der Waals surface area (Å²) >= 11 is 0. The van der Waals surface area contributed by atoms with E-state index in [1.807, 2.05) is 6.92 Å². The van der Waals surface area contributed by atoms with Crippen LogP contribution < -0.4 is 5.73 Å². The molecule has 13 nitrogen and oxygen atoms in total. The van der Waals surface area contributed by atoms with E-state index in [1.54, 1.807) is 0 Å². The number of phosphoric ester groups is 1. The minimum absolute atomic E-state index is 0.125. The summed E-state index contributed by atoms with van der Waals surface area (Å²) in [7, 11) is -4.80. The molecule has 3 atom stereocenters. The molecule has 0 spiro atoms. The normalized spacial score (nSPS) is 13.4. The van der Waals surface area contributed by atoms with Gasteiger partial charge < -0.3 is 29.6 Å². The van der Waals surface area contributed by atoms with Gasteiger partial charge in [0.25, 0.3) is 0 Å². The Hall–Kier alpha value is -2.05. The Kier molecular flexibility index (Phi) is 39.9. The molecule has 0 aliphatic carbocycles. The van der Waals surface area contributed by atoms with Crippen LogP contribution in [0.5, 0.6) is 0 Å². The second kappa shape index (κ2) is 41.3. The molecule has 0 saturated carbocycles. The molecular weight excluding hydrogens is 777 g/mol. The molecule has 0 aliphatic rings. The van der Waals surface area contributed by atoms with Crippen molar-refractivity contribution in [1.29, 1.82) is 0 Å². The number of unbranched alkanes of at least 4 members (excludes halogenated alkanes) is 23. The first-order valence-electron chi connectivity index (χ1n) is 23.6. The number of ether oxygens (including phenoxy) is 4.